The molecular weight excluding hydrogens is 468 g/mol. The average molecular weight is 487 g/mol. The van der Waals surface area contributed by atoms with Gasteiger partial charge in [-0.25, -0.2) is 14.4 Å². The molecule has 1 aliphatic rings. The van der Waals surface area contributed by atoms with Crippen molar-refractivity contribution in [3.8, 4) is 5.75 Å². The molecule has 7 nitrogen and oxygen atoms in total. The van der Waals surface area contributed by atoms with Gasteiger partial charge in [0.1, 0.15) is 34.2 Å². The number of rotatable bonds is 4. The number of hydrogen-bond acceptors (Lipinski definition) is 5. The molecule has 0 bridgehead atoms. The SMILES string of the molecule is COc1c([C@H]2[C@H](c3nc4nc(C(N)=O)ccc4[nH]3)O[C@@](C)(C(F)(F)F)[C@H]2C)ccc(F)c1Cl. The molecular formula is C21H19ClF4N4O3. The number of pyridine rings is 1. The van der Waals surface area contributed by atoms with E-state index in [1.54, 1.807) is 0 Å². The van der Waals surface area contributed by atoms with Gasteiger partial charge in [0.05, 0.1) is 12.6 Å². The number of fused-ring (bicyclic) bond motifs is 1. The highest BCUT2D eigenvalue weighted by molar-refractivity contribution is 6.32. The summed E-state index contributed by atoms with van der Waals surface area (Å²) in [7, 11) is 1.25. The number of halogens is 5. The van der Waals surface area contributed by atoms with Crippen LogP contribution in [0.4, 0.5) is 17.6 Å². The average Bonchev–Trinajstić information content (AvgIpc) is 3.28. The first kappa shape index (κ1) is 23.2. The Labute approximate surface area is 190 Å². The molecule has 1 aliphatic heterocycles. The second-order valence-corrected chi connectivity index (χ2v) is 8.37. The summed E-state index contributed by atoms with van der Waals surface area (Å²) in [5.41, 5.74) is 3.33. The van der Waals surface area contributed by atoms with Crippen LogP contribution in [0.15, 0.2) is 24.3 Å². The highest BCUT2D eigenvalue weighted by Crippen LogP contribution is 2.59. The first-order valence-corrected chi connectivity index (χ1v) is 10.2. The third-order valence-electron chi connectivity index (χ3n) is 6.20. The number of ether oxygens (including phenoxy) is 2. The molecule has 3 aromatic rings. The standard InChI is InChI=1S/C21H19ClF4N4O3/c1-8-13(9-4-5-10(23)14(22)15(9)32-3)16(33-20(8,2)21(24,25)26)19-29-12-7-6-11(17(27)31)28-18(12)30-19/h4-8,13,16H,1-3H3,(H2,27,31)(H,28,29,30)/t8-,13-,16+,20+/m0/s1. The van der Waals surface area contributed by atoms with Gasteiger partial charge >= 0.3 is 6.18 Å². The first-order valence-electron chi connectivity index (χ1n) is 9.82. The zero-order valence-corrected chi connectivity index (χ0v) is 18.4. The Kier molecular flexibility index (Phi) is 5.52. The zero-order chi connectivity index (χ0) is 24.3. The van der Waals surface area contributed by atoms with Crippen LogP contribution >= 0.6 is 11.6 Å². The molecule has 0 unspecified atom stereocenters. The molecule has 0 radical (unpaired) electrons. The lowest BCUT2D eigenvalue weighted by Crippen LogP contribution is -2.46. The fourth-order valence-corrected chi connectivity index (χ4v) is 4.48. The van der Waals surface area contributed by atoms with E-state index in [0.29, 0.717) is 5.52 Å². The van der Waals surface area contributed by atoms with Gasteiger partial charge in [-0.2, -0.15) is 13.2 Å². The van der Waals surface area contributed by atoms with Crippen LogP contribution in [-0.2, 0) is 4.74 Å². The molecule has 33 heavy (non-hydrogen) atoms. The smallest absolute Gasteiger partial charge is 0.417 e. The van der Waals surface area contributed by atoms with Gasteiger partial charge in [0.2, 0.25) is 0 Å². The van der Waals surface area contributed by atoms with Gasteiger partial charge in [0, 0.05) is 17.4 Å². The van der Waals surface area contributed by atoms with Gasteiger partial charge in [0.25, 0.3) is 5.91 Å². The molecule has 2 aromatic heterocycles. The lowest BCUT2D eigenvalue weighted by atomic mass is 9.77. The van der Waals surface area contributed by atoms with Crippen molar-refractivity contribution in [3.63, 3.8) is 0 Å². The van der Waals surface area contributed by atoms with Crippen LogP contribution in [0, 0.1) is 11.7 Å². The number of nitrogens with one attached hydrogen (secondary N) is 1. The maximum Gasteiger partial charge on any atom is 0.417 e. The van der Waals surface area contributed by atoms with Crippen molar-refractivity contribution in [3.05, 3.63) is 52.2 Å². The topological polar surface area (TPSA) is 103 Å². The van der Waals surface area contributed by atoms with Crippen LogP contribution in [0.2, 0.25) is 5.02 Å². The van der Waals surface area contributed by atoms with Crippen LogP contribution in [0.1, 0.15) is 47.7 Å². The van der Waals surface area contributed by atoms with Crippen molar-refractivity contribution < 1.29 is 31.8 Å². The number of carbonyl (C=O) groups excluding carboxylic acids is 1. The summed E-state index contributed by atoms with van der Waals surface area (Å²) in [4.78, 5) is 22.7. The van der Waals surface area contributed by atoms with E-state index in [1.165, 1.54) is 32.2 Å². The third kappa shape index (κ3) is 3.59. The summed E-state index contributed by atoms with van der Waals surface area (Å²) in [6.07, 6.45) is -5.96. The quantitative estimate of drug-likeness (QED) is 0.522. The monoisotopic (exact) mass is 486 g/mol. The lowest BCUT2D eigenvalue weighted by molar-refractivity contribution is -0.275. The molecule has 0 spiro atoms. The number of benzene rings is 1. The van der Waals surface area contributed by atoms with E-state index in [9.17, 15) is 22.4 Å². The molecule has 4 atom stereocenters. The van der Waals surface area contributed by atoms with E-state index < -0.39 is 41.4 Å². The number of aromatic amines is 1. The van der Waals surface area contributed by atoms with Crippen molar-refractivity contribution >= 4 is 28.7 Å². The van der Waals surface area contributed by atoms with Gasteiger partial charge in [-0.3, -0.25) is 4.79 Å². The summed E-state index contributed by atoms with van der Waals surface area (Å²) < 4.78 is 67.3. The van der Waals surface area contributed by atoms with E-state index in [0.717, 1.165) is 13.0 Å². The largest absolute Gasteiger partial charge is 0.495 e. The Balaban J connectivity index is 1.91. The van der Waals surface area contributed by atoms with E-state index >= 15 is 0 Å². The number of nitrogens with zero attached hydrogens (tertiary/aromatic N) is 2. The Bertz CT molecular complexity index is 1250. The molecule has 3 heterocycles. The minimum absolute atomic E-state index is 0.0476. The second kappa shape index (κ2) is 7.84. The molecule has 1 aromatic carbocycles. The molecule has 1 amide bonds. The Morgan fingerprint density at radius 1 is 1.27 bits per heavy atom. The fourth-order valence-electron chi connectivity index (χ4n) is 4.23. The maximum atomic E-state index is 14.1. The summed E-state index contributed by atoms with van der Waals surface area (Å²) >= 11 is 6.05. The van der Waals surface area contributed by atoms with Gasteiger partial charge < -0.3 is 20.2 Å². The van der Waals surface area contributed by atoms with Crippen LogP contribution < -0.4 is 10.5 Å². The van der Waals surface area contributed by atoms with Crippen molar-refractivity contribution in [1.82, 2.24) is 15.0 Å². The Morgan fingerprint density at radius 3 is 2.58 bits per heavy atom. The number of amides is 1. The van der Waals surface area contributed by atoms with Crippen LogP contribution in [-0.4, -0.2) is 39.7 Å². The predicted octanol–water partition coefficient (Wildman–Crippen LogP) is 4.67. The van der Waals surface area contributed by atoms with E-state index in [4.69, 9.17) is 26.8 Å². The normalized spacial score (nSPS) is 25.5. The molecule has 3 N–H and O–H groups in total. The molecule has 176 valence electrons. The molecule has 0 saturated carbocycles. The molecule has 1 saturated heterocycles. The van der Waals surface area contributed by atoms with Crippen LogP contribution in [0.5, 0.6) is 5.75 Å². The van der Waals surface area contributed by atoms with Gasteiger partial charge in [-0.1, -0.05) is 24.6 Å². The molecule has 4 rings (SSSR count). The first-order chi connectivity index (χ1) is 15.4. The number of imidazole rings is 1. The lowest BCUT2D eigenvalue weighted by Gasteiger charge is -2.32. The van der Waals surface area contributed by atoms with Crippen molar-refractivity contribution in [2.45, 2.75) is 37.6 Å². The minimum Gasteiger partial charge on any atom is -0.495 e. The van der Waals surface area contributed by atoms with Crippen LogP contribution in [0.3, 0.4) is 0 Å². The third-order valence-corrected chi connectivity index (χ3v) is 6.55. The molecule has 1 fully saturated rings. The number of alkyl halides is 3. The van der Waals surface area contributed by atoms with Gasteiger partial charge in [0.15, 0.2) is 11.2 Å². The molecule has 0 aliphatic carbocycles. The summed E-state index contributed by atoms with van der Waals surface area (Å²) in [6.45, 7) is 2.34. The second-order valence-electron chi connectivity index (χ2n) is 8.00. The van der Waals surface area contributed by atoms with Gasteiger partial charge in [-0.15, -0.1) is 0 Å². The minimum atomic E-state index is -4.72. The highest BCUT2D eigenvalue weighted by atomic mass is 35.5. The molecule has 12 heteroatoms. The summed E-state index contributed by atoms with van der Waals surface area (Å²) in [6, 6.07) is 5.24. The van der Waals surface area contributed by atoms with Crippen molar-refractivity contribution in [2.75, 3.05) is 7.11 Å². The van der Waals surface area contributed by atoms with Crippen molar-refractivity contribution in [1.29, 1.82) is 0 Å². The fraction of sp³-hybridized carbons (Fsp3) is 0.381. The highest BCUT2D eigenvalue weighted by Gasteiger charge is 2.65. The number of aromatic nitrogens is 3. The van der Waals surface area contributed by atoms with E-state index in [1.807, 2.05) is 0 Å². The van der Waals surface area contributed by atoms with E-state index in [2.05, 4.69) is 15.0 Å². The van der Waals surface area contributed by atoms with E-state index in [-0.39, 0.29) is 33.5 Å². The summed E-state index contributed by atoms with van der Waals surface area (Å²) in [5.74, 6) is -3.70. The number of H-pyrrole nitrogens is 1. The predicted molar refractivity (Wildman–Crippen MR) is 111 cm³/mol. The maximum absolute atomic E-state index is 14.1. The number of hydrogen-bond donors (Lipinski definition) is 2. The van der Waals surface area contributed by atoms with Crippen molar-refractivity contribution in [2.24, 2.45) is 11.7 Å². The number of nitrogens with two attached hydrogens (primary N) is 1. The number of carbonyl (C=O) groups is 1. The number of primary amides is 1. The Hall–Kier alpha value is -2.92. The summed E-state index contributed by atoms with van der Waals surface area (Å²) in [5, 5.41) is -0.348. The Morgan fingerprint density at radius 2 is 1.97 bits per heavy atom. The zero-order valence-electron chi connectivity index (χ0n) is 17.6. The number of methoxy groups -OCH3 is 1. The van der Waals surface area contributed by atoms with Gasteiger partial charge in [-0.05, 0) is 25.1 Å². The van der Waals surface area contributed by atoms with Crippen LogP contribution in [0.25, 0.3) is 11.2 Å².